The topological polar surface area (TPSA) is 80.9 Å². The summed E-state index contributed by atoms with van der Waals surface area (Å²) in [4.78, 5) is 0. The fourth-order valence-electron chi connectivity index (χ4n) is 9.44. The summed E-state index contributed by atoms with van der Waals surface area (Å²) in [6, 6.07) is 0. The van der Waals surface area contributed by atoms with Gasteiger partial charge in [-0.15, -0.1) is 0 Å². The molecule has 0 aromatic carbocycles. The molecule has 0 radical (unpaired) electrons. The Bertz CT molecular complexity index is 718. The van der Waals surface area contributed by atoms with Crippen molar-refractivity contribution in [2.24, 2.45) is 52.3 Å². The van der Waals surface area contributed by atoms with Gasteiger partial charge in [-0.25, -0.2) is 0 Å². The quantitative estimate of drug-likeness (QED) is 0.404. The van der Waals surface area contributed by atoms with Crippen molar-refractivity contribution in [3.8, 4) is 0 Å². The van der Waals surface area contributed by atoms with Crippen molar-refractivity contribution in [2.75, 3.05) is 6.61 Å². The molecule has 190 valence electrons. The van der Waals surface area contributed by atoms with E-state index in [0.29, 0.717) is 35.5 Å². The Labute approximate surface area is 201 Å². The lowest BCUT2D eigenvalue weighted by molar-refractivity contribution is -0.108. The zero-order valence-electron chi connectivity index (χ0n) is 21.7. The molecule has 4 heteroatoms. The minimum absolute atomic E-state index is 0.138. The van der Waals surface area contributed by atoms with Crippen LogP contribution in [0.1, 0.15) is 92.4 Å². The second kappa shape index (κ2) is 9.56. The number of hydrogen-bond acceptors (Lipinski definition) is 4. The van der Waals surface area contributed by atoms with Crippen LogP contribution >= 0.6 is 0 Å². The molecule has 0 amide bonds. The van der Waals surface area contributed by atoms with Crippen LogP contribution in [0.25, 0.3) is 0 Å². The van der Waals surface area contributed by atoms with Gasteiger partial charge in [-0.1, -0.05) is 52.7 Å². The highest BCUT2D eigenvalue weighted by atomic mass is 16.3. The Balaban J connectivity index is 1.48. The Hall–Kier alpha value is -0.420. The van der Waals surface area contributed by atoms with Gasteiger partial charge in [0.15, 0.2) is 0 Å². The third-order valence-electron chi connectivity index (χ3n) is 11.4. The molecule has 0 aliphatic heterocycles. The highest BCUT2D eigenvalue weighted by Crippen LogP contribution is 2.67. The fraction of sp³-hybridized carbons (Fsp3) is 0.931. The first-order chi connectivity index (χ1) is 15.5. The van der Waals surface area contributed by atoms with E-state index in [0.717, 1.165) is 37.5 Å². The normalized spacial score (nSPS) is 45.6. The molecule has 0 spiro atoms. The van der Waals surface area contributed by atoms with E-state index in [4.69, 9.17) is 0 Å². The number of hydrogen-bond donors (Lipinski definition) is 4. The van der Waals surface area contributed by atoms with E-state index in [1.807, 2.05) is 0 Å². The van der Waals surface area contributed by atoms with E-state index >= 15 is 0 Å². The van der Waals surface area contributed by atoms with Crippen LogP contribution in [0, 0.1) is 52.3 Å². The van der Waals surface area contributed by atoms with Crippen molar-refractivity contribution in [3.05, 3.63) is 11.6 Å². The van der Waals surface area contributed by atoms with E-state index < -0.39 is 12.2 Å². The van der Waals surface area contributed by atoms with E-state index in [-0.39, 0.29) is 24.0 Å². The Morgan fingerprint density at radius 2 is 1.76 bits per heavy atom. The third-order valence-corrected chi connectivity index (χ3v) is 11.4. The highest BCUT2D eigenvalue weighted by Gasteiger charge is 2.60. The lowest BCUT2D eigenvalue weighted by atomic mass is 9.46. The van der Waals surface area contributed by atoms with Crippen molar-refractivity contribution in [3.63, 3.8) is 0 Å². The average molecular weight is 463 g/mol. The van der Waals surface area contributed by atoms with Crippen LogP contribution in [-0.4, -0.2) is 45.3 Å². The first kappa shape index (κ1) is 25.7. The summed E-state index contributed by atoms with van der Waals surface area (Å²) in [7, 11) is 0. The predicted octanol–water partition coefficient (Wildman–Crippen LogP) is 4.94. The summed E-state index contributed by atoms with van der Waals surface area (Å²) >= 11 is 0. The van der Waals surface area contributed by atoms with Gasteiger partial charge in [0, 0.05) is 11.8 Å². The van der Waals surface area contributed by atoms with Gasteiger partial charge in [0.2, 0.25) is 0 Å². The monoisotopic (exact) mass is 462 g/mol. The van der Waals surface area contributed by atoms with Crippen molar-refractivity contribution < 1.29 is 20.4 Å². The fourth-order valence-corrected chi connectivity index (χ4v) is 9.44. The van der Waals surface area contributed by atoms with E-state index in [1.54, 1.807) is 0 Å². The molecule has 4 rings (SSSR count). The summed E-state index contributed by atoms with van der Waals surface area (Å²) in [5.41, 5.74) is 1.53. The molecular weight excluding hydrogens is 412 g/mol. The van der Waals surface area contributed by atoms with Gasteiger partial charge in [-0.3, -0.25) is 0 Å². The molecule has 4 N–H and O–H groups in total. The van der Waals surface area contributed by atoms with E-state index in [9.17, 15) is 20.4 Å². The predicted molar refractivity (Wildman–Crippen MR) is 132 cm³/mol. The van der Waals surface area contributed by atoms with Crippen LogP contribution in [0.15, 0.2) is 11.6 Å². The van der Waals surface area contributed by atoms with Crippen LogP contribution in [0.5, 0.6) is 0 Å². The molecule has 3 fully saturated rings. The van der Waals surface area contributed by atoms with Gasteiger partial charge in [0.05, 0.1) is 24.9 Å². The number of aliphatic hydroxyl groups excluding tert-OH is 4. The van der Waals surface area contributed by atoms with Gasteiger partial charge < -0.3 is 20.4 Å². The average Bonchev–Trinajstić information content (AvgIpc) is 3.11. The summed E-state index contributed by atoms with van der Waals surface area (Å²) in [6.07, 6.45) is 10.5. The Morgan fingerprint density at radius 1 is 1.03 bits per heavy atom. The molecule has 0 saturated heterocycles. The number of fused-ring (bicyclic) bond motifs is 5. The first-order valence-corrected chi connectivity index (χ1v) is 13.9. The minimum Gasteiger partial charge on any atom is -0.394 e. The second-order valence-corrected chi connectivity index (χ2v) is 13.2. The SMILES string of the molecule is CC(C)C(CC[C@@H](C)[C@H]1CC[C@H]2[C@@H]3CC=C4C[C@@H](O)CC(O)[C@]4(C)[C@H]3CC[C@]12C)C(O)CO. The van der Waals surface area contributed by atoms with Gasteiger partial charge in [0.25, 0.3) is 0 Å². The Morgan fingerprint density at radius 3 is 2.42 bits per heavy atom. The largest absolute Gasteiger partial charge is 0.394 e. The van der Waals surface area contributed by atoms with Gasteiger partial charge in [-0.05, 0) is 91.8 Å². The first-order valence-electron chi connectivity index (χ1n) is 13.9. The molecule has 33 heavy (non-hydrogen) atoms. The molecule has 11 atom stereocenters. The van der Waals surface area contributed by atoms with Crippen molar-refractivity contribution in [1.82, 2.24) is 0 Å². The maximum Gasteiger partial charge on any atom is 0.0801 e. The molecule has 4 aliphatic carbocycles. The summed E-state index contributed by atoms with van der Waals surface area (Å²) < 4.78 is 0. The van der Waals surface area contributed by atoms with Crippen LogP contribution in [0.3, 0.4) is 0 Å². The standard InChI is InChI=1S/C29H50O4/c1-17(2)21(26(32)16-30)8-6-18(3)23-10-11-24-22-9-7-19-14-20(31)15-27(33)29(19,5)25(22)12-13-28(23,24)4/h7,17-18,20-27,30-33H,6,8-16H2,1-5H3/t18-,20-,21?,22+,23-,24+,25+,26?,27?,28-,29+/m1/s1. The third kappa shape index (κ3) is 4.26. The highest BCUT2D eigenvalue weighted by molar-refractivity contribution is 5.27. The second-order valence-electron chi connectivity index (χ2n) is 13.2. The number of allylic oxidation sites excluding steroid dienone is 1. The molecule has 0 aromatic heterocycles. The molecule has 4 nitrogen and oxygen atoms in total. The Kier molecular flexibility index (Phi) is 7.44. The molecule has 4 aliphatic rings. The van der Waals surface area contributed by atoms with Crippen molar-refractivity contribution in [1.29, 1.82) is 0 Å². The molecule has 3 unspecified atom stereocenters. The molecular formula is C29H50O4. The van der Waals surface area contributed by atoms with Gasteiger partial charge >= 0.3 is 0 Å². The molecule has 0 heterocycles. The summed E-state index contributed by atoms with van der Waals surface area (Å²) in [5.74, 6) is 3.81. The van der Waals surface area contributed by atoms with Crippen LogP contribution in [0.2, 0.25) is 0 Å². The maximum absolute atomic E-state index is 11.1. The smallest absolute Gasteiger partial charge is 0.0801 e. The van der Waals surface area contributed by atoms with Crippen molar-refractivity contribution >= 4 is 0 Å². The maximum atomic E-state index is 11.1. The zero-order valence-corrected chi connectivity index (χ0v) is 21.7. The van der Waals surface area contributed by atoms with E-state index in [2.05, 4.69) is 40.7 Å². The van der Waals surface area contributed by atoms with Crippen molar-refractivity contribution in [2.45, 2.75) is 111 Å². The number of rotatable bonds is 7. The summed E-state index contributed by atoms with van der Waals surface area (Å²) in [6.45, 7) is 11.5. The number of aliphatic hydroxyl groups is 4. The minimum atomic E-state index is -0.607. The van der Waals surface area contributed by atoms with E-state index in [1.165, 1.54) is 31.3 Å². The molecule has 3 saturated carbocycles. The van der Waals surface area contributed by atoms with Gasteiger partial charge in [0.1, 0.15) is 0 Å². The summed E-state index contributed by atoms with van der Waals surface area (Å²) in [5, 5.41) is 41.2. The zero-order chi connectivity index (χ0) is 24.1. The van der Waals surface area contributed by atoms with Gasteiger partial charge in [-0.2, -0.15) is 0 Å². The lowest BCUT2D eigenvalue weighted by Crippen LogP contribution is -2.55. The molecule has 0 bridgehead atoms. The van der Waals surface area contributed by atoms with Crippen LogP contribution < -0.4 is 0 Å². The van der Waals surface area contributed by atoms with Crippen LogP contribution in [-0.2, 0) is 0 Å². The van der Waals surface area contributed by atoms with Crippen LogP contribution in [0.4, 0.5) is 0 Å². The molecule has 0 aromatic rings. The lowest BCUT2D eigenvalue weighted by Gasteiger charge is -2.59.